The van der Waals surface area contributed by atoms with Crippen molar-refractivity contribution in [2.24, 2.45) is 0 Å². The molecule has 0 fully saturated rings. The van der Waals surface area contributed by atoms with Crippen LogP contribution in [-0.4, -0.2) is 50.0 Å². The number of carbonyl (C=O) groups excluding carboxylic acids is 2. The summed E-state index contributed by atoms with van der Waals surface area (Å²) < 4.78 is 26.2. The molecule has 1 unspecified atom stereocenters. The molecule has 1 atom stereocenters. The van der Waals surface area contributed by atoms with E-state index in [1.165, 1.54) is 4.90 Å². The number of rotatable bonds is 10. The molecular formula is C24H31Cl2N3O4S. The number of hydrogen-bond donors (Lipinski definition) is 1. The van der Waals surface area contributed by atoms with Gasteiger partial charge in [0.25, 0.3) is 0 Å². The van der Waals surface area contributed by atoms with Crippen molar-refractivity contribution in [1.82, 2.24) is 10.2 Å². The van der Waals surface area contributed by atoms with Crippen LogP contribution in [0.1, 0.15) is 38.8 Å². The first-order valence-corrected chi connectivity index (χ1v) is 13.5. The van der Waals surface area contributed by atoms with Gasteiger partial charge in [-0.15, -0.1) is 0 Å². The van der Waals surface area contributed by atoms with Gasteiger partial charge < -0.3 is 10.2 Å². The molecule has 2 aromatic carbocycles. The molecule has 1 N–H and O–H groups in total. The number of sulfonamides is 1. The number of benzene rings is 2. The van der Waals surface area contributed by atoms with Crippen molar-refractivity contribution in [1.29, 1.82) is 0 Å². The van der Waals surface area contributed by atoms with E-state index in [0.29, 0.717) is 21.3 Å². The second-order valence-corrected chi connectivity index (χ2v) is 11.1. The molecule has 7 nitrogen and oxygen atoms in total. The van der Waals surface area contributed by atoms with Crippen molar-refractivity contribution >= 4 is 50.7 Å². The first kappa shape index (κ1) is 28.0. The van der Waals surface area contributed by atoms with Gasteiger partial charge in [0.1, 0.15) is 12.6 Å². The summed E-state index contributed by atoms with van der Waals surface area (Å²) in [5.74, 6) is -0.933. The van der Waals surface area contributed by atoms with Gasteiger partial charge in [-0.3, -0.25) is 13.9 Å². The number of nitrogens with zero attached hydrogens (tertiary/aromatic N) is 2. The first-order valence-electron chi connectivity index (χ1n) is 10.9. The van der Waals surface area contributed by atoms with Gasteiger partial charge in [0.05, 0.1) is 11.9 Å². The Morgan fingerprint density at radius 3 is 2.03 bits per heavy atom. The minimum absolute atomic E-state index is 0.0591. The van der Waals surface area contributed by atoms with E-state index in [0.717, 1.165) is 22.5 Å². The number of halogens is 2. The van der Waals surface area contributed by atoms with E-state index in [1.807, 2.05) is 32.9 Å². The highest BCUT2D eigenvalue weighted by molar-refractivity contribution is 7.92. The summed E-state index contributed by atoms with van der Waals surface area (Å²) >= 11 is 12.6. The van der Waals surface area contributed by atoms with Gasteiger partial charge in [-0.1, -0.05) is 48.3 Å². The van der Waals surface area contributed by atoms with Crippen molar-refractivity contribution in [2.45, 2.75) is 52.7 Å². The maximum absolute atomic E-state index is 13.5. The van der Waals surface area contributed by atoms with Crippen LogP contribution in [0.5, 0.6) is 0 Å². The number of aryl methyl sites for hydroxylation is 1. The molecule has 2 rings (SSSR count). The van der Waals surface area contributed by atoms with Crippen molar-refractivity contribution in [3.8, 4) is 0 Å². The highest BCUT2D eigenvalue weighted by atomic mass is 35.5. The summed E-state index contributed by atoms with van der Waals surface area (Å²) in [7, 11) is -3.79. The molecule has 0 aliphatic heterocycles. The summed E-state index contributed by atoms with van der Waals surface area (Å²) in [4.78, 5) is 27.6. The number of anilines is 1. The quantitative estimate of drug-likeness (QED) is 0.499. The lowest BCUT2D eigenvalue weighted by atomic mass is 10.1. The highest BCUT2D eigenvalue weighted by Crippen LogP contribution is 2.27. The normalized spacial score (nSPS) is 12.4. The lowest BCUT2D eigenvalue weighted by Crippen LogP contribution is -2.52. The highest BCUT2D eigenvalue weighted by Gasteiger charge is 2.31. The fourth-order valence-corrected chi connectivity index (χ4v) is 4.72. The van der Waals surface area contributed by atoms with Crippen LogP contribution in [-0.2, 0) is 32.6 Å². The van der Waals surface area contributed by atoms with Gasteiger partial charge in [0.2, 0.25) is 21.8 Å². The average Bonchev–Trinajstić information content (AvgIpc) is 2.75. The van der Waals surface area contributed by atoms with Crippen LogP contribution >= 0.6 is 23.2 Å². The molecule has 0 saturated carbocycles. The topological polar surface area (TPSA) is 86.8 Å². The molecule has 0 radical (unpaired) electrons. The Morgan fingerprint density at radius 2 is 1.56 bits per heavy atom. The molecule has 0 aromatic heterocycles. The van der Waals surface area contributed by atoms with E-state index in [4.69, 9.17) is 23.2 Å². The Kier molecular flexibility index (Phi) is 9.79. The van der Waals surface area contributed by atoms with Gasteiger partial charge in [-0.2, -0.15) is 0 Å². The third kappa shape index (κ3) is 7.35. The summed E-state index contributed by atoms with van der Waals surface area (Å²) in [6.07, 6.45) is 1.84. The molecule has 10 heteroatoms. The van der Waals surface area contributed by atoms with Crippen LogP contribution in [0.2, 0.25) is 10.0 Å². The second kappa shape index (κ2) is 11.9. The first-order chi connectivity index (χ1) is 15.8. The average molecular weight is 529 g/mol. The summed E-state index contributed by atoms with van der Waals surface area (Å²) in [6, 6.07) is 10.9. The van der Waals surface area contributed by atoms with E-state index in [-0.39, 0.29) is 18.5 Å². The van der Waals surface area contributed by atoms with Gasteiger partial charge in [-0.25, -0.2) is 8.42 Å². The lowest BCUT2D eigenvalue weighted by Gasteiger charge is -2.32. The van der Waals surface area contributed by atoms with Crippen molar-refractivity contribution in [3.63, 3.8) is 0 Å². The standard InChI is InChI=1S/C24H31Cl2N3O4S/c1-6-18-10-12-19(13-11-18)29(34(5,32)33)15-23(30)28(17(4)24(31)27-16(2)3)14-20-21(25)8-7-9-22(20)26/h7-13,16-17H,6,14-15H2,1-5H3,(H,27,31). The SMILES string of the molecule is CCc1ccc(N(CC(=O)N(Cc2c(Cl)cccc2Cl)C(C)C(=O)NC(C)C)S(C)(=O)=O)cc1. The number of carbonyl (C=O) groups is 2. The van der Waals surface area contributed by atoms with Crippen LogP contribution < -0.4 is 9.62 Å². The summed E-state index contributed by atoms with van der Waals surface area (Å²) in [6.45, 7) is 6.66. The fraction of sp³-hybridized carbons (Fsp3) is 0.417. The molecule has 0 aliphatic rings. The minimum Gasteiger partial charge on any atom is -0.352 e. The Balaban J connectivity index is 2.44. The van der Waals surface area contributed by atoms with Crippen molar-refractivity contribution < 1.29 is 18.0 Å². The molecular weight excluding hydrogens is 497 g/mol. The zero-order chi connectivity index (χ0) is 25.6. The van der Waals surface area contributed by atoms with Crippen LogP contribution in [0.3, 0.4) is 0 Å². The maximum Gasteiger partial charge on any atom is 0.244 e. The van der Waals surface area contributed by atoms with E-state index < -0.39 is 28.5 Å². The number of amides is 2. The molecule has 0 bridgehead atoms. The fourth-order valence-electron chi connectivity index (χ4n) is 3.35. The van der Waals surface area contributed by atoms with Crippen LogP contribution in [0.4, 0.5) is 5.69 Å². The Bertz CT molecular complexity index is 1100. The molecule has 2 aromatic rings. The maximum atomic E-state index is 13.5. The Hall–Kier alpha value is -2.29. The third-order valence-corrected chi connectivity index (χ3v) is 7.15. The third-order valence-electron chi connectivity index (χ3n) is 5.30. The lowest BCUT2D eigenvalue weighted by molar-refractivity contribution is -0.139. The van der Waals surface area contributed by atoms with Crippen molar-refractivity contribution in [2.75, 3.05) is 17.1 Å². The van der Waals surface area contributed by atoms with Crippen LogP contribution in [0.25, 0.3) is 0 Å². The van der Waals surface area contributed by atoms with Crippen molar-refractivity contribution in [3.05, 3.63) is 63.6 Å². The van der Waals surface area contributed by atoms with Gasteiger partial charge in [0.15, 0.2) is 0 Å². The number of hydrogen-bond acceptors (Lipinski definition) is 4. The molecule has 0 heterocycles. The molecule has 0 saturated heterocycles. The largest absolute Gasteiger partial charge is 0.352 e. The van der Waals surface area contributed by atoms with E-state index in [1.54, 1.807) is 37.3 Å². The molecule has 34 heavy (non-hydrogen) atoms. The predicted octanol–water partition coefficient (Wildman–Crippen LogP) is 4.26. The van der Waals surface area contributed by atoms with Crippen LogP contribution in [0.15, 0.2) is 42.5 Å². The van der Waals surface area contributed by atoms with Gasteiger partial charge in [-0.05, 0) is 57.0 Å². The monoisotopic (exact) mass is 527 g/mol. The minimum atomic E-state index is -3.79. The van der Waals surface area contributed by atoms with E-state index in [2.05, 4.69) is 5.32 Å². The Labute approximate surface area is 212 Å². The molecule has 186 valence electrons. The van der Waals surface area contributed by atoms with E-state index >= 15 is 0 Å². The zero-order valence-electron chi connectivity index (χ0n) is 20.0. The Morgan fingerprint density at radius 1 is 1.00 bits per heavy atom. The molecule has 2 amide bonds. The van der Waals surface area contributed by atoms with E-state index in [9.17, 15) is 18.0 Å². The predicted molar refractivity (Wildman–Crippen MR) is 138 cm³/mol. The van der Waals surface area contributed by atoms with Gasteiger partial charge in [0, 0.05) is 28.2 Å². The summed E-state index contributed by atoms with van der Waals surface area (Å²) in [5.41, 5.74) is 1.88. The smallest absolute Gasteiger partial charge is 0.244 e. The second-order valence-electron chi connectivity index (χ2n) is 8.35. The summed E-state index contributed by atoms with van der Waals surface area (Å²) in [5, 5.41) is 3.48. The zero-order valence-corrected chi connectivity index (χ0v) is 22.3. The molecule has 0 spiro atoms. The van der Waals surface area contributed by atoms with Gasteiger partial charge >= 0.3 is 0 Å². The molecule has 0 aliphatic carbocycles. The van der Waals surface area contributed by atoms with Crippen LogP contribution in [0, 0.1) is 0 Å². The number of nitrogens with one attached hydrogen (secondary N) is 1.